The van der Waals surface area contributed by atoms with Crippen molar-refractivity contribution >= 4 is 35.0 Å². The van der Waals surface area contributed by atoms with E-state index in [1.807, 2.05) is 30.2 Å². The molecule has 1 aliphatic heterocycles. The van der Waals surface area contributed by atoms with E-state index in [0.717, 1.165) is 35.7 Å². The number of amides is 1. The fourth-order valence-corrected chi connectivity index (χ4v) is 4.05. The molecule has 1 saturated heterocycles. The van der Waals surface area contributed by atoms with Crippen molar-refractivity contribution in [3.63, 3.8) is 0 Å². The zero-order valence-corrected chi connectivity index (χ0v) is 17.8. The van der Waals surface area contributed by atoms with Crippen LogP contribution in [0.5, 0.6) is 0 Å². The van der Waals surface area contributed by atoms with Crippen LogP contribution in [0.4, 0.5) is 11.6 Å². The van der Waals surface area contributed by atoms with Crippen molar-refractivity contribution < 1.29 is 4.79 Å². The van der Waals surface area contributed by atoms with Gasteiger partial charge in [-0.2, -0.15) is 0 Å². The Hall–Kier alpha value is -3.20. The molecule has 0 aliphatic carbocycles. The van der Waals surface area contributed by atoms with Crippen molar-refractivity contribution in [1.82, 2.24) is 29.8 Å². The van der Waals surface area contributed by atoms with Crippen LogP contribution in [0.25, 0.3) is 6.08 Å². The molecule has 0 radical (unpaired) electrons. The van der Waals surface area contributed by atoms with E-state index in [1.54, 1.807) is 42.1 Å². The lowest BCUT2D eigenvalue weighted by Crippen LogP contribution is -2.38. The molecule has 3 aromatic rings. The van der Waals surface area contributed by atoms with Gasteiger partial charge in [0.2, 0.25) is 5.91 Å². The largest absolute Gasteiger partial charge is 0.329 e. The molecule has 1 aliphatic rings. The molecule has 4 heterocycles. The van der Waals surface area contributed by atoms with E-state index in [4.69, 9.17) is 0 Å². The van der Waals surface area contributed by atoms with Gasteiger partial charge in [-0.1, -0.05) is 0 Å². The van der Waals surface area contributed by atoms with E-state index in [9.17, 15) is 4.79 Å². The quantitative estimate of drug-likeness (QED) is 0.625. The first-order valence-corrected chi connectivity index (χ1v) is 10.8. The van der Waals surface area contributed by atoms with Gasteiger partial charge in [0.15, 0.2) is 5.82 Å². The highest BCUT2D eigenvalue weighted by molar-refractivity contribution is 7.09. The maximum atomic E-state index is 12.9. The van der Waals surface area contributed by atoms with Crippen LogP contribution >= 0.6 is 11.3 Å². The highest BCUT2D eigenvalue weighted by Crippen LogP contribution is 2.30. The molecular weight excluding hydrogens is 398 g/mol. The van der Waals surface area contributed by atoms with Gasteiger partial charge in [-0.3, -0.25) is 9.78 Å². The Morgan fingerprint density at radius 1 is 1.20 bits per heavy atom. The number of aryl methyl sites for hydroxylation is 2. The third kappa shape index (κ3) is 4.85. The predicted octanol–water partition coefficient (Wildman–Crippen LogP) is 3.85. The molecule has 9 heteroatoms. The van der Waals surface area contributed by atoms with Crippen LogP contribution in [-0.4, -0.2) is 42.3 Å². The first-order valence-electron chi connectivity index (χ1n) is 9.88. The number of nitrogens with zero attached hydrogens (tertiary/aromatic N) is 6. The van der Waals surface area contributed by atoms with Crippen LogP contribution in [-0.2, 0) is 4.79 Å². The van der Waals surface area contributed by atoms with Gasteiger partial charge in [-0.25, -0.2) is 19.9 Å². The lowest BCUT2D eigenvalue weighted by atomic mass is 10.0. The Bertz CT molecular complexity index is 1050. The number of piperidine rings is 1. The minimum Gasteiger partial charge on any atom is -0.329 e. The topological polar surface area (TPSA) is 96.8 Å². The molecule has 30 heavy (non-hydrogen) atoms. The van der Waals surface area contributed by atoms with E-state index in [2.05, 4.69) is 30.2 Å². The molecule has 1 unspecified atom stereocenters. The van der Waals surface area contributed by atoms with Gasteiger partial charge in [0.05, 0.1) is 22.9 Å². The number of hydrogen-bond donors (Lipinski definition) is 1. The van der Waals surface area contributed by atoms with E-state index in [1.165, 1.54) is 0 Å². The highest BCUT2D eigenvalue weighted by atomic mass is 32.1. The van der Waals surface area contributed by atoms with Crippen molar-refractivity contribution in [3.8, 4) is 0 Å². The van der Waals surface area contributed by atoms with Crippen molar-refractivity contribution in [2.75, 3.05) is 11.9 Å². The van der Waals surface area contributed by atoms with Gasteiger partial charge in [-0.15, -0.1) is 11.3 Å². The Morgan fingerprint density at radius 2 is 2.10 bits per heavy atom. The molecule has 1 N–H and O–H groups in total. The maximum Gasteiger partial charge on any atom is 0.247 e. The van der Waals surface area contributed by atoms with Crippen LogP contribution in [0.1, 0.15) is 47.5 Å². The summed E-state index contributed by atoms with van der Waals surface area (Å²) >= 11 is 1.57. The summed E-state index contributed by atoms with van der Waals surface area (Å²) in [6.07, 6.45) is 11.1. The monoisotopic (exact) mass is 421 g/mol. The van der Waals surface area contributed by atoms with Crippen LogP contribution in [0, 0.1) is 13.8 Å². The summed E-state index contributed by atoms with van der Waals surface area (Å²) < 4.78 is 0. The van der Waals surface area contributed by atoms with Gasteiger partial charge in [0.1, 0.15) is 11.6 Å². The molecule has 154 valence electrons. The Morgan fingerprint density at radius 3 is 2.87 bits per heavy atom. The molecule has 0 bridgehead atoms. The van der Waals surface area contributed by atoms with Crippen LogP contribution in [0.2, 0.25) is 0 Å². The van der Waals surface area contributed by atoms with E-state index < -0.39 is 0 Å². The molecule has 1 amide bonds. The number of nitrogens with one attached hydrogen (secondary N) is 1. The second-order valence-electron chi connectivity index (χ2n) is 7.14. The molecule has 1 atom stereocenters. The molecule has 0 aromatic carbocycles. The van der Waals surface area contributed by atoms with Crippen molar-refractivity contribution in [2.24, 2.45) is 0 Å². The highest BCUT2D eigenvalue weighted by Gasteiger charge is 2.29. The summed E-state index contributed by atoms with van der Waals surface area (Å²) in [7, 11) is 0. The Kier molecular flexibility index (Phi) is 6.08. The zero-order chi connectivity index (χ0) is 20.9. The third-order valence-electron chi connectivity index (χ3n) is 4.81. The molecule has 4 rings (SSSR count). The molecule has 0 spiro atoms. The smallest absolute Gasteiger partial charge is 0.247 e. The second kappa shape index (κ2) is 9.08. The molecule has 0 saturated carbocycles. The summed E-state index contributed by atoms with van der Waals surface area (Å²) in [5, 5.41) is 6.09. The van der Waals surface area contributed by atoms with Crippen molar-refractivity contribution in [2.45, 2.75) is 39.2 Å². The molecule has 8 nitrogen and oxygen atoms in total. The average Bonchev–Trinajstić information content (AvgIpc) is 3.17. The normalized spacial score (nSPS) is 16.7. The number of carbonyl (C=O) groups excluding carboxylic acids is 1. The number of rotatable bonds is 5. The maximum absolute atomic E-state index is 12.9. The van der Waals surface area contributed by atoms with Crippen molar-refractivity contribution in [3.05, 3.63) is 58.3 Å². The van der Waals surface area contributed by atoms with Crippen LogP contribution in [0.15, 0.2) is 36.1 Å². The lowest BCUT2D eigenvalue weighted by Gasteiger charge is -2.34. The third-order valence-corrected chi connectivity index (χ3v) is 5.60. The summed E-state index contributed by atoms with van der Waals surface area (Å²) in [4.78, 5) is 36.8. The fourth-order valence-electron chi connectivity index (χ4n) is 3.47. The number of carbonyl (C=O) groups is 1. The summed E-state index contributed by atoms with van der Waals surface area (Å²) in [6, 6.07) is 1.70. The number of aromatic nitrogens is 5. The molecule has 3 aromatic heterocycles. The fraction of sp³-hybridized carbons (Fsp3) is 0.333. The SMILES string of the molecule is Cc1cc(Nc2cnccn2)nc(C2CCCCN2C(=O)/C=C/c2csc(C)n2)n1. The Balaban J connectivity index is 1.56. The van der Waals surface area contributed by atoms with E-state index in [-0.39, 0.29) is 11.9 Å². The summed E-state index contributed by atoms with van der Waals surface area (Å²) in [6.45, 7) is 4.56. The average molecular weight is 422 g/mol. The lowest BCUT2D eigenvalue weighted by molar-refractivity contribution is -0.129. The van der Waals surface area contributed by atoms with Crippen molar-refractivity contribution in [1.29, 1.82) is 0 Å². The minimum absolute atomic E-state index is 0.0427. The van der Waals surface area contributed by atoms with Crippen LogP contribution < -0.4 is 5.32 Å². The van der Waals surface area contributed by atoms with E-state index >= 15 is 0 Å². The standard InChI is InChI=1S/C21H23N7OS/c1-14-11-18(26-19-12-22-8-9-23-19)27-21(24-14)17-5-3-4-10-28(17)20(29)7-6-16-13-30-15(2)25-16/h6-9,11-13,17H,3-5,10H2,1-2H3,(H,23,24,26,27)/b7-6+. The first-order chi connectivity index (χ1) is 14.6. The van der Waals surface area contributed by atoms with Gasteiger partial charge in [0, 0.05) is 42.2 Å². The van der Waals surface area contributed by atoms with Gasteiger partial charge >= 0.3 is 0 Å². The second-order valence-corrected chi connectivity index (χ2v) is 8.20. The molecular formula is C21H23N7OS. The molecule has 1 fully saturated rings. The van der Waals surface area contributed by atoms with Gasteiger partial charge < -0.3 is 10.2 Å². The predicted molar refractivity (Wildman–Crippen MR) is 116 cm³/mol. The summed E-state index contributed by atoms with van der Waals surface area (Å²) in [5.74, 6) is 1.86. The Labute approximate surface area is 179 Å². The number of anilines is 2. The number of hydrogen-bond acceptors (Lipinski definition) is 8. The zero-order valence-electron chi connectivity index (χ0n) is 16.9. The summed E-state index contributed by atoms with van der Waals surface area (Å²) in [5.41, 5.74) is 1.64. The number of likely N-dealkylation sites (tertiary alicyclic amines) is 1. The minimum atomic E-state index is -0.157. The first kappa shape index (κ1) is 20.1. The number of thiazole rings is 1. The van der Waals surface area contributed by atoms with Gasteiger partial charge in [-0.05, 0) is 39.2 Å². The van der Waals surface area contributed by atoms with Crippen LogP contribution in [0.3, 0.4) is 0 Å². The van der Waals surface area contributed by atoms with Gasteiger partial charge in [0.25, 0.3) is 0 Å². The van der Waals surface area contributed by atoms with E-state index in [0.29, 0.717) is 24.0 Å².